The van der Waals surface area contributed by atoms with Gasteiger partial charge in [0.1, 0.15) is 5.70 Å². The van der Waals surface area contributed by atoms with E-state index in [-0.39, 0.29) is 12.3 Å². The molecule has 1 aliphatic rings. The number of imide groups is 1. The Morgan fingerprint density at radius 1 is 1.57 bits per heavy atom. The van der Waals surface area contributed by atoms with Crippen molar-refractivity contribution in [1.29, 1.82) is 0 Å². The lowest BCUT2D eigenvalue weighted by Crippen LogP contribution is -2.25. The van der Waals surface area contributed by atoms with Gasteiger partial charge in [-0.2, -0.15) is 0 Å². The third-order valence-electron chi connectivity index (χ3n) is 1.63. The topological polar surface area (TPSA) is 75.7 Å². The summed E-state index contributed by atoms with van der Waals surface area (Å²) in [5, 5.41) is 2.24. The number of hydrogen-bond acceptors (Lipinski definition) is 4. The van der Waals surface area contributed by atoms with E-state index in [1.165, 1.54) is 7.05 Å². The molecule has 0 bridgehead atoms. The molecule has 6 nitrogen and oxygen atoms in total. The normalized spacial score (nSPS) is 18.7. The second-order valence-electron chi connectivity index (χ2n) is 2.60. The first-order valence-electron chi connectivity index (χ1n) is 4.03. The van der Waals surface area contributed by atoms with Gasteiger partial charge in [-0.3, -0.25) is 9.69 Å². The lowest BCUT2D eigenvalue weighted by molar-refractivity contribution is -0.137. The van der Waals surface area contributed by atoms with Crippen LogP contribution in [0.1, 0.15) is 6.92 Å². The average molecular weight is 198 g/mol. The molecule has 1 fully saturated rings. The maximum absolute atomic E-state index is 11.2. The van der Waals surface area contributed by atoms with Gasteiger partial charge in [0.25, 0.3) is 5.91 Å². The molecule has 0 spiro atoms. The van der Waals surface area contributed by atoms with Crippen molar-refractivity contribution in [2.24, 2.45) is 0 Å². The lowest BCUT2D eigenvalue weighted by Gasteiger charge is -1.99. The van der Waals surface area contributed by atoms with E-state index in [9.17, 15) is 14.4 Å². The van der Waals surface area contributed by atoms with Gasteiger partial charge in [-0.25, -0.2) is 9.59 Å². The second-order valence-corrected chi connectivity index (χ2v) is 2.60. The molecule has 0 aromatic carbocycles. The summed E-state index contributed by atoms with van der Waals surface area (Å²) in [7, 11) is 1.32. The van der Waals surface area contributed by atoms with Crippen LogP contribution in [0.3, 0.4) is 0 Å². The summed E-state index contributed by atoms with van der Waals surface area (Å²) in [5.74, 6) is -1.19. The molecule has 0 aromatic heterocycles. The van der Waals surface area contributed by atoms with Gasteiger partial charge in [-0.1, -0.05) is 0 Å². The maximum atomic E-state index is 11.2. The van der Waals surface area contributed by atoms with Gasteiger partial charge in [0, 0.05) is 7.05 Å². The zero-order valence-electron chi connectivity index (χ0n) is 7.86. The van der Waals surface area contributed by atoms with Gasteiger partial charge in [0.2, 0.25) is 0 Å². The van der Waals surface area contributed by atoms with E-state index in [4.69, 9.17) is 0 Å². The van der Waals surface area contributed by atoms with Crippen LogP contribution in [-0.2, 0) is 14.3 Å². The molecule has 3 amide bonds. The Labute approximate surface area is 80.5 Å². The third-order valence-corrected chi connectivity index (χ3v) is 1.63. The first kappa shape index (κ1) is 10.2. The molecule has 1 heterocycles. The van der Waals surface area contributed by atoms with E-state index >= 15 is 0 Å². The van der Waals surface area contributed by atoms with Gasteiger partial charge in [0.05, 0.1) is 12.7 Å². The monoisotopic (exact) mass is 198 g/mol. The lowest BCUT2D eigenvalue weighted by atomic mass is 10.4. The van der Waals surface area contributed by atoms with E-state index in [2.05, 4.69) is 10.1 Å². The highest BCUT2D eigenvalue weighted by atomic mass is 16.5. The molecule has 1 saturated heterocycles. The fourth-order valence-corrected chi connectivity index (χ4v) is 0.925. The average Bonchev–Trinajstić information content (AvgIpc) is 2.34. The van der Waals surface area contributed by atoms with Crippen molar-refractivity contribution in [3.63, 3.8) is 0 Å². The van der Waals surface area contributed by atoms with Crippen molar-refractivity contribution in [3.8, 4) is 0 Å². The van der Waals surface area contributed by atoms with E-state index in [0.29, 0.717) is 0 Å². The number of carbonyl (C=O) groups excluding carboxylic acids is 3. The highest BCUT2D eigenvalue weighted by Crippen LogP contribution is 2.06. The Kier molecular flexibility index (Phi) is 2.85. The van der Waals surface area contributed by atoms with Crippen LogP contribution in [0, 0.1) is 0 Å². The first-order valence-corrected chi connectivity index (χ1v) is 4.03. The van der Waals surface area contributed by atoms with E-state index in [0.717, 1.165) is 11.0 Å². The van der Waals surface area contributed by atoms with Gasteiger partial charge < -0.3 is 10.1 Å². The summed E-state index contributed by atoms with van der Waals surface area (Å²) in [6.07, 6.45) is 0.966. The van der Waals surface area contributed by atoms with Crippen LogP contribution in [-0.4, -0.2) is 36.5 Å². The molecule has 0 radical (unpaired) electrons. The Hall–Kier alpha value is -1.85. The molecule has 1 rings (SSSR count). The SMILES string of the molecule is CCOC(=O)/C=C1/NC(=O)N(C)C1=O. The van der Waals surface area contributed by atoms with Crippen LogP contribution in [0.2, 0.25) is 0 Å². The molecule has 0 aromatic rings. The summed E-state index contributed by atoms with van der Waals surface area (Å²) < 4.78 is 4.59. The van der Waals surface area contributed by atoms with Crippen molar-refractivity contribution in [2.45, 2.75) is 6.92 Å². The maximum Gasteiger partial charge on any atom is 0.333 e. The fraction of sp³-hybridized carbons (Fsp3) is 0.375. The van der Waals surface area contributed by atoms with Crippen LogP contribution >= 0.6 is 0 Å². The third kappa shape index (κ3) is 1.90. The molecular formula is C8H10N2O4. The minimum absolute atomic E-state index is 0.0593. The summed E-state index contributed by atoms with van der Waals surface area (Å²) >= 11 is 0. The van der Waals surface area contributed by atoms with Gasteiger partial charge in [-0.15, -0.1) is 0 Å². The predicted molar refractivity (Wildman–Crippen MR) is 46.0 cm³/mol. The molecule has 0 atom stereocenters. The number of urea groups is 1. The van der Waals surface area contributed by atoms with Crippen molar-refractivity contribution >= 4 is 17.9 Å². The number of hydrogen-bond donors (Lipinski definition) is 1. The number of nitrogens with zero attached hydrogens (tertiary/aromatic N) is 1. The number of amides is 3. The second kappa shape index (κ2) is 3.91. The van der Waals surface area contributed by atoms with E-state index in [1.807, 2.05) is 0 Å². The van der Waals surface area contributed by atoms with E-state index < -0.39 is 17.9 Å². The number of carbonyl (C=O) groups is 3. The van der Waals surface area contributed by atoms with Crippen LogP contribution < -0.4 is 5.32 Å². The number of esters is 1. The van der Waals surface area contributed by atoms with Crippen LogP contribution in [0.25, 0.3) is 0 Å². The van der Waals surface area contributed by atoms with Crippen molar-refractivity contribution in [1.82, 2.24) is 10.2 Å². The number of rotatable bonds is 2. The van der Waals surface area contributed by atoms with Crippen molar-refractivity contribution in [2.75, 3.05) is 13.7 Å². The summed E-state index contributed by atoms with van der Waals surface area (Å²) in [5.41, 5.74) is -0.0593. The highest BCUT2D eigenvalue weighted by Gasteiger charge is 2.30. The molecule has 0 aliphatic carbocycles. The minimum Gasteiger partial charge on any atom is -0.463 e. The predicted octanol–water partition coefficient (Wildman–Crippen LogP) is -0.385. The fourth-order valence-electron chi connectivity index (χ4n) is 0.925. The standard InChI is InChI=1S/C8H10N2O4/c1-3-14-6(11)4-5-7(12)10(2)8(13)9-5/h4H,3H2,1-2H3,(H,9,13)/b5-4+. The van der Waals surface area contributed by atoms with Gasteiger partial charge >= 0.3 is 12.0 Å². The van der Waals surface area contributed by atoms with E-state index in [1.54, 1.807) is 6.92 Å². The van der Waals surface area contributed by atoms with Gasteiger partial charge in [-0.05, 0) is 6.92 Å². The zero-order valence-corrected chi connectivity index (χ0v) is 7.86. The number of likely N-dealkylation sites (N-methyl/N-ethyl adjacent to an activating group) is 1. The smallest absolute Gasteiger partial charge is 0.333 e. The molecule has 6 heteroatoms. The van der Waals surface area contributed by atoms with Crippen molar-refractivity contribution < 1.29 is 19.1 Å². The largest absolute Gasteiger partial charge is 0.463 e. The summed E-state index contributed by atoms with van der Waals surface area (Å²) in [6.45, 7) is 1.87. The minimum atomic E-state index is -0.647. The van der Waals surface area contributed by atoms with Crippen LogP contribution in [0.15, 0.2) is 11.8 Å². The molecule has 0 saturated carbocycles. The zero-order chi connectivity index (χ0) is 10.7. The summed E-state index contributed by atoms with van der Waals surface area (Å²) in [4.78, 5) is 34.0. The molecular weight excluding hydrogens is 188 g/mol. The molecule has 14 heavy (non-hydrogen) atoms. The summed E-state index contributed by atoms with van der Waals surface area (Å²) in [6, 6.07) is -0.550. The molecule has 0 unspecified atom stereocenters. The molecule has 76 valence electrons. The van der Waals surface area contributed by atoms with Gasteiger partial charge in [0.15, 0.2) is 0 Å². The number of ether oxygens (including phenoxy) is 1. The Bertz CT molecular complexity index is 321. The molecule has 1 aliphatic heterocycles. The molecule has 1 N–H and O–H groups in total. The van der Waals surface area contributed by atoms with Crippen molar-refractivity contribution in [3.05, 3.63) is 11.8 Å². The Balaban J connectivity index is 2.76. The van der Waals surface area contributed by atoms with Crippen LogP contribution in [0.5, 0.6) is 0 Å². The Morgan fingerprint density at radius 3 is 2.64 bits per heavy atom. The quantitative estimate of drug-likeness (QED) is 0.372. The van der Waals surface area contributed by atoms with Crippen LogP contribution in [0.4, 0.5) is 4.79 Å². The Morgan fingerprint density at radius 2 is 2.21 bits per heavy atom. The number of nitrogens with one attached hydrogen (secondary N) is 1. The first-order chi connectivity index (χ1) is 6.56. The highest BCUT2D eigenvalue weighted by molar-refractivity contribution is 6.13.